The van der Waals surface area contributed by atoms with Crippen LogP contribution < -0.4 is 0 Å². The highest BCUT2D eigenvalue weighted by Crippen LogP contribution is 2.66. The second-order valence-corrected chi connectivity index (χ2v) is 7.36. The van der Waals surface area contributed by atoms with Crippen molar-refractivity contribution in [1.82, 2.24) is 10.2 Å². The molecule has 0 amide bonds. The average Bonchev–Trinajstić information content (AvgIpc) is 3.25. The van der Waals surface area contributed by atoms with Crippen LogP contribution >= 0.6 is 0 Å². The molecule has 4 aromatic rings. The van der Waals surface area contributed by atoms with Crippen molar-refractivity contribution in [2.75, 3.05) is 0 Å². The van der Waals surface area contributed by atoms with Crippen LogP contribution in [0.4, 0.5) is 0 Å². The van der Waals surface area contributed by atoms with Gasteiger partial charge in [0.25, 0.3) is 0 Å². The number of aromatic nitrogens is 2. The molecule has 0 saturated heterocycles. The van der Waals surface area contributed by atoms with E-state index in [4.69, 9.17) is 4.42 Å². The molecule has 3 aromatic carbocycles. The lowest BCUT2D eigenvalue weighted by atomic mass is 9.98. The Kier molecular flexibility index (Phi) is 4.26. The lowest BCUT2D eigenvalue weighted by Crippen LogP contribution is -2.14. The Morgan fingerprint density at radius 1 is 0.867 bits per heavy atom. The summed E-state index contributed by atoms with van der Waals surface area (Å²) in [5.74, 6) is -0.501. The molecule has 1 aliphatic carbocycles. The van der Waals surface area contributed by atoms with E-state index in [-0.39, 0.29) is 17.6 Å². The summed E-state index contributed by atoms with van der Waals surface area (Å²) in [5.41, 5.74) is 1.07. The number of carbonyl (C=O) groups excluding carboxylic acids is 1. The molecule has 0 bridgehead atoms. The van der Waals surface area contributed by atoms with E-state index in [0.29, 0.717) is 11.5 Å². The normalized spacial score (nSPS) is 22.2. The Bertz CT molecular complexity index is 1230. The maximum absolute atomic E-state index is 13.4. The van der Waals surface area contributed by atoms with Crippen molar-refractivity contribution >= 4 is 5.78 Å². The van der Waals surface area contributed by atoms with Gasteiger partial charge in [0.15, 0.2) is 11.2 Å². The average molecular weight is 391 g/mol. The maximum atomic E-state index is 13.4. The first-order valence-electron chi connectivity index (χ1n) is 9.70. The number of nitrogens with zero attached hydrogens (tertiary/aromatic N) is 3. The van der Waals surface area contributed by atoms with Crippen LogP contribution in [-0.2, 0) is 5.41 Å². The highest BCUT2D eigenvalue weighted by molar-refractivity contribution is 6.03. The molecular formula is C25H17N3O2. The molecule has 1 aliphatic rings. The first kappa shape index (κ1) is 18.0. The summed E-state index contributed by atoms with van der Waals surface area (Å²) in [6, 6.07) is 30.4. The van der Waals surface area contributed by atoms with Crippen molar-refractivity contribution in [3.05, 3.63) is 108 Å². The number of rotatable bonds is 5. The number of benzene rings is 3. The number of hydrogen-bond acceptors (Lipinski definition) is 5. The molecule has 5 heteroatoms. The van der Waals surface area contributed by atoms with Crippen LogP contribution in [0.2, 0.25) is 0 Å². The van der Waals surface area contributed by atoms with Gasteiger partial charge in [-0.2, -0.15) is 5.26 Å². The van der Waals surface area contributed by atoms with Gasteiger partial charge in [0.1, 0.15) is 0 Å². The van der Waals surface area contributed by atoms with Crippen LogP contribution in [0.1, 0.15) is 27.7 Å². The summed E-state index contributed by atoms with van der Waals surface area (Å²) < 4.78 is 5.96. The lowest BCUT2D eigenvalue weighted by Gasteiger charge is -2.04. The van der Waals surface area contributed by atoms with Gasteiger partial charge >= 0.3 is 0 Å². The Hall–Kier alpha value is -4.04. The molecule has 1 fully saturated rings. The first-order chi connectivity index (χ1) is 14.8. The molecular weight excluding hydrogens is 374 g/mol. The quantitative estimate of drug-likeness (QED) is 0.457. The Morgan fingerprint density at radius 2 is 1.47 bits per heavy atom. The minimum atomic E-state index is -1.19. The van der Waals surface area contributed by atoms with Crippen LogP contribution in [-0.4, -0.2) is 16.0 Å². The van der Waals surface area contributed by atoms with Crippen molar-refractivity contribution in [2.45, 2.75) is 11.3 Å². The summed E-state index contributed by atoms with van der Waals surface area (Å²) in [4.78, 5) is 13.4. The SMILES string of the molecule is N#C[C@]1(c2nnc(-c3ccccc3)o2)[C@H](C(=O)c2ccccc2)[C@H]1c1ccccc1. The van der Waals surface area contributed by atoms with Crippen LogP contribution in [0.5, 0.6) is 0 Å². The number of Topliss-reactive ketones (excluding diaryl/α,β-unsaturated/α-hetero) is 1. The van der Waals surface area contributed by atoms with Gasteiger partial charge in [0.05, 0.1) is 12.0 Å². The zero-order chi connectivity index (χ0) is 20.6. The first-order valence-corrected chi connectivity index (χ1v) is 9.70. The van der Waals surface area contributed by atoms with Gasteiger partial charge in [-0.05, 0) is 17.7 Å². The maximum Gasteiger partial charge on any atom is 0.247 e. The van der Waals surface area contributed by atoms with E-state index in [1.165, 1.54) is 0 Å². The van der Waals surface area contributed by atoms with Gasteiger partial charge in [-0.25, -0.2) is 0 Å². The fraction of sp³-hybridized carbons (Fsp3) is 0.120. The van der Waals surface area contributed by atoms with Gasteiger partial charge in [0, 0.05) is 17.0 Å². The van der Waals surface area contributed by atoms with E-state index < -0.39 is 11.3 Å². The van der Waals surface area contributed by atoms with Crippen LogP contribution in [0, 0.1) is 17.2 Å². The molecule has 1 heterocycles. The molecule has 0 aliphatic heterocycles. The van der Waals surface area contributed by atoms with Crippen LogP contribution in [0.15, 0.2) is 95.4 Å². The smallest absolute Gasteiger partial charge is 0.247 e. The molecule has 1 saturated carbocycles. The summed E-state index contributed by atoms with van der Waals surface area (Å²) in [5, 5.41) is 18.6. The third-order valence-corrected chi connectivity index (χ3v) is 5.69. The van der Waals surface area contributed by atoms with Crippen LogP contribution in [0.3, 0.4) is 0 Å². The van der Waals surface area contributed by atoms with Gasteiger partial charge < -0.3 is 4.42 Å². The van der Waals surface area contributed by atoms with Crippen molar-refractivity contribution in [3.8, 4) is 17.5 Å². The molecule has 0 radical (unpaired) electrons. The lowest BCUT2D eigenvalue weighted by molar-refractivity contribution is 0.0957. The molecule has 0 spiro atoms. The van der Waals surface area contributed by atoms with E-state index in [9.17, 15) is 10.1 Å². The standard InChI is InChI=1S/C25H17N3O2/c26-16-25(24-28-27-23(30-24)19-14-8-3-9-15-19)20(17-10-4-1-5-11-17)21(25)22(29)18-12-6-2-7-13-18/h1-15,20-21H/t20-,21+,25-/m1/s1. The third-order valence-electron chi connectivity index (χ3n) is 5.69. The van der Waals surface area contributed by atoms with E-state index in [1.807, 2.05) is 78.9 Å². The topological polar surface area (TPSA) is 79.8 Å². The van der Waals surface area contributed by atoms with E-state index in [0.717, 1.165) is 11.1 Å². The largest absolute Gasteiger partial charge is 0.419 e. The zero-order valence-electron chi connectivity index (χ0n) is 16.0. The fourth-order valence-corrected chi connectivity index (χ4v) is 4.18. The molecule has 144 valence electrons. The summed E-state index contributed by atoms with van der Waals surface area (Å²) in [6.45, 7) is 0. The van der Waals surface area contributed by atoms with Gasteiger partial charge in [-0.1, -0.05) is 78.9 Å². The van der Waals surface area contributed by atoms with Crippen molar-refractivity contribution in [1.29, 1.82) is 5.26 Å². The molecule has 3 atom stereocenters. The molecule has 0 unspecified atom stereocenters. The molecule has 0 N–H and O–H groups in total. The predicted molar refractivity (Wildman–Crippen MR) is 110 cm³/mol. The number of nitriles is 1. The second kappa shape index (κ2) is 7.09. The summed E-state index contributed by atoms with van der Waals surface area (Å²) >= 11 is 0. The van der Waals surface area contributed by atoms with Crippen molar-refractivity contribution in [3.63, 3.8) is 0 Å². The highest BCUT2D eigenvalue weighted by atomic mass is 16.4. The highest BCUT2D eigenvalue weighted by Gasteiger charge is 2.73. The number of ketones is 1. The summed E-state index contributed by atoms with van der Waals surface area (Å²) in [7, 11) is 0. The van der Waals surface area contributed by atoms with Crippen molar-refractivity contribution in [2.24, 2.45) is 5.92 Å². The monoisotopic (exact) mass is 391 g/mol. The molecule has 30 heavy (non-hydrogen) atoms. The van der Waals surface area contributed by atoms with Crippen LogP contribution in [0.25, 0.3) is 11.5 Å². The number of hydrogen-bond donors (Lipinski definition) is 0. The second-order valence-electron chi connectivity index (χ2n) is 7.36. The van der Waals surface area contributed by atoms with Gasteiger partial charge in [-0.3, -0.25) is 4.79 Å². The Labute approximate surface area is 173 Å². The zero-order valence-corrected chi connectivity index (χ0v) is 16.0. The third kappa shape index (κ3) is 2.73. The minimum Gasteiger partial charge on any atom is -0.419 e. The van der Waals surface area contributed by atoms with E-state index >= 15 is 0 Å². The van der Waals surface area contributed by atoms with Crippen molar-refractivity contribution < 1.29 is 9.21 Å². The Morgan fingerprint density at radius 3 is 2.10 bits per heavy atom. The molecule has 5 nitrogen and oxygen atoms in total. The van der Waals surface area contributed by atoms with E-state index in [2.05, 4.69) is 16.3 Å². The summed E-state index contributed by atoms with van der Waals surface area (Å²) in [6.07, 6.45) is 0. The van der Waals surface area contributed by atoms with Gasteiger partial charge in [-0.15, -0.1) is 10.2 Å². The molecule has 1 aromatic heterocycles. The minimum absolute atomic E-state index is 0.0922. The number of carbonyl (C=O) groups is 1. The molecule has 5 rings (SSSR count). The fourth-order valence-electron chi connectivity index (χ4n) is 4.18. The Balaban J connectivity index is 1.60. The van der Waals surface area contributed by atoms with Gasteiger partial charge in [0.2, 0.25) is 11.8 Å². The predicted octanol–water partition coefficient (Wildman–Crippen LogP) is 4.79. The van der Waals surface area contributed by atoms with E-state index in [1.54, 1.807) is 12.1 Å².